The van der Waals surface area contributed by atoms with Crippen molar-refractivity contribution in [1.29, 1.82) is 0 Å². The van der Waals surface area contributed by atoms with Crippen molar-refractivity contribution < 1.29 is 23.9 Å². The normalized spacial score (nSPS) is 14.0. The highest BCUT2D eigenvalue weighted by Crippen LogP contribution is 2.36. The van der Waals surface area contributed by atoms with E-state index in [1.807, 2.05) is 18.2 Å². The summed E-state index contributed by atoms with van der Waals surface area (Å²) in [5.41, 5.74) is 2.16. The lowest BCUT2D eigenvalue weighted by atomic mass is 10.1. The number of ether oxygens (including phenoxy) is 2. The van der Waals surface area contributed by atoms with Crippen molar-refractivity contribution in [2.24, 2.45) is 0 Å². The first kappa shape index (κ1) is 27.4. The Morgan fingerprint density at radius 3 is 2.40 bits per heavy atom. The van der Waals surface area contributed by atoms with Gasteiger partial charge in [-0.1, -0.05) is 48.5 Å². The molecule has 0 radical (unpaired) electrons. The van der Waals surface area contributed by atoms with Gasteiger partial charge in [-0.15, -0.1) is 0 Å². The van der Waals surface area contributed by atoms with Crippen molar-refractivity contribution in [2.75, 3.05) is 19.0 Å². The largest absolute Gasteiger partial charge is 0.495 e. The lowest BCUT2D eigenvalue weighted by Gasteiger charge is -2.13. The van der Waals surface area contributed by atoms with Gasteiger partial charge in [-0.25, -0.2) is 9.69 Å². The molecule has 2 N–H and O–H groups in total. The van der Waals surface area contributed by atoms with Gasteiger partial charge < -0.3 is 20.1 Å². The molecule has 1 saturated heterocycles. The second-order valence-electron chi connectivity index (χ2n) is 8.91. The fourth-order valence-corrected chi connectivity index (χ4v) is 5.70. The topological polar surface area (TPSA) is 97.0 Å². The average molecular weight is 665 g/mol. The van der Waals surface area contributed by atoms with Crippen molar-refractivity contribution in [3.63, 3.8) is 0 Å². The van der Waals surface area contributed by atoms with Gasteiger partial charge in [0.25, 0.3) is 5.91 Å². The maximum absolute atomic E-state index is 12.9. The number of nitrogens with one attached hydrogen (secondary N) is 2. The fourth-order valence-electron chi connectivity index (χ4n) is 4.25. The molecule has 4 aromatic carbocycles. The molecule has 5 rings (SSSR count). The molecule has 1 aliphatic heterocycles. The number of halogens is 2. The molecule has 0 bridgehead atoms. The Morgan fingerprint density at radius 2 is 1.65 bits per heavy atom. The summed E-state index contributed by atoms with van der Waals surface area (Å²) in [5, 5.41) is 7.50. The van der Waals surface area contributed by atoms with Crippen LogP contribution in [0.3, 0.4) is 0 Å². The number of amides is 4. The van der Waals surface area contributed by atoms with Gasteiger partial charge in [-0.05, 0) is 90.2 Å². The minimum Gasteiger partial charge on any atom is -0.495 e. The van der Waals surface area contributed by atoms with Crippen LogP contribution in [0.4, 0.5) is 10.5 Å². The van der Waals surface area contributed by atoms with E-state index in [4.69, 9.17) is 9.47 Å². The van der Waals surface area contributed by atoms with Gasteiger partial charge in [-0.2, -0.15) is 0 Å². The zero-order valence-corrected chi connectivity index (χ0v) is 24.4. The predicted octanol–water partition coefficient (Wildman–Crippen LogP) is 6.48. The third-order valence-corrected chi connectivity index (χ3v) is 7.35. The Kier molecular flexibility index (Phi) is 8.18. The van der Waals surface area contributed by atoms with Crippen LogP contribution in [0.25, 0.3) is 16.8 Å². The molecular formula is C30H23Br2N3O5. The summed E-state index contributed by atoms with van der Waals surface area (Å²) < 4.78 is 12.6. The molecule has 0 atom stereocenters. The van der Waals surface area contributed by atoms with Crippen LogP contribution >= 0.6 is 31.9 Å². The summed E-state index contributed by atoms with van der Waals surface area (Å²) in [7, 11) is 1.49. The molecule has 0 spiro atoms. The van der Waals surface area contributed by atoms with Crippen molar-refractivity contribution in [3.05, 3.63) is 105 Å². The summed E-state index contributed by atoms with van der Waals surface area (Å²) in [6, 6.07) is 24.1. The highest BCUT2D eigenvalue weighted by Gasteiger charge is 2.35. The van der Waals surface area contributed by atoms with Gasteiger partial charge in [0.2, 0.25) is 5.91 Å². The highest BCUT2D eigenvalue weighted by atomic mass is 79.9. The van der Waals surface area contributed by atoms with Crippen molar-refractivity contribution in [3.8, 4) is 11.5 Å². The number of para-hydroxylation sites is 2. The Bertz CT molecular complexity index is 1650. The first-order chi connectivity index (χ1) is 19.3. The van der Waals surface area contributed by atoms with E-state index in [-0.39, 0.29) is 5.70 Å². The number of hydrogen-bond donors (Lipinski definition) is 2. The molecule has 0 saturated carbocycles. The molecule has 0 aliphatic carbocycles. The first-order valence-electron chi connectivity index (χ1n) is 12.2. The summed E-state index contributed by atoms with van der Waals surface area (Å²) in [4.78, 5) is 38.8. The Morgan fingerprint density at radius 1 is 0.950 bits per heavy atom. The molecular weight excluding hydrogens is 642 g/mol. The molecule has 40 heavy (non-hydrogen) atoms. The molecule has 10 heteroatoms. The first-order valence-corrected chi connectivity index (χ1v) is 13.8. The number of methoxy groups -OCH3 is 1. The van der Waals surface area contributed by atoms with E-state index in [0.29, 0.717) is 38.3 Å². The molecule has 0 aromatic heterocycles. The van der Waals surface area contributed by atoms with E-state index in [9.17, 15) is 14.4 Å². The zero-order chi connectivity index (χ0) is 28.2. The maximum atomic E-state index is 12.9. The van der Waals surface area contributed by atoms with Gasteiger partial charge in [0.15, 0.2) is 0 Å². The molecule has 1 aliphatic rings. The lowest BCUT2D eigenvalue weighted by molar-refractivity contribution is -0.127. The molecule has 4 amide bonds. The van der Waals surface area contributed by atoms with Crippen molar-refractivity contribution >= 4 is 72.2 Å². The van der Waals surface area contributed by atoms with Crippen molar-refractivity contribution in [1.82, 2.24) is 10.2 Å². The van der Waals surface area contributed by atoms with Crippen LogP contribution in [0.15, 0.2) is 93.5 Å². The number of nitrogens with zero attached hydrogens (tertiary/aromatic N) is 1. The fraction of sp³-hybridized carbons (Fsp3) is 0.100. The van der Waals surface area contributed by atoms with E-state index < -0.39 is 24.4 Å². The van der Waals surface area contributed by atoms with Crippen LogP contribution in [0.1, 0.15) is 11.1 Å². The number of carbonyl (C=O) groups is 3. The second kappa shape index (κ2) is 11.9. The second-order valence-corrected chi connectivity index (χ2v) is 10.6. The van der Waals surface area contributed by atoms with Crippen molar-refractivity contribution in [2.45, 2.75) is 6.61 Å². The SMILES string of the molecule is COc1ccccc1NC(=O)CN1C(=O)N/C(=C/c2cc(Br)c(OCc3ccc4ccccc4c3)c(Br)c2)C1=O. The van der Waals surface area contributed by atoms with Gasteiger partial charge in [0.1, 0.15) is 30.3 Å². The van der Waals surface area contributed by atoms with Crippen LogP contribution in [-0.2, 0) is 16.2 Å². The van der Waals surface area contributed by atoms with Crippen LogP contribution in [0, 0.1) is 0 Å². The molecule has 0 unspecified atom stereocenters. The number of carbonyl (C=O) groups excluding carboxylic acids is 3. The van der Waals surface area contributed by atoms with Gasteiger partial charge in [0, 0.05) is 0 Å². The van der Waals surface area contributed by atoms with Crippen LogP contribution in [-0.4, -0.2) is 36.4 Å². The smallest absolute Gasteiger partial charge is 0.329 e. The minimum absolute atomic E-state index is 0.0544. The van der Waals surface area contributed by atoms with E-state index in [0.717, 1.165) is 21.2 Å². The number of urea groups is 1. The van der Waals surface area contributed by atoms with Crippen LogP contribution < -0.4 is 20.1 Å². The predicted molar refractivity (Wildman–Crippen MR) is 160 cm³/mol. The number of fused-ring (bicyclic) bond motifs is 1. The number of benzene rings is 4. The summed E-state index contributed by atoms with van der Waals surface area (Å²) in [6.07, 6.45) is 1.54. The van der Waals surface area contributed by atoms with E-state index in [1.54, 1.807) is 42.5 Å². The summed E-state index contributed by atoms with van der Waals surface area (Å²) in [6.45, 7) is -0.0854. The molecule has 1 heterocycles. The average Bonchev–Trinajstić information content (AvgIpc) is 3.19. The molecule has 202 valence electrons. The monoisotopic (exact) mass is 663 g/mol. The summed E-state index contributed by atoms with van der Waals surface area (Å²) in [5.74, 6) is -0.0714. The Labute approximate surface area is 247 Å². The van der Waals surface area contributed by atoms with Crippen LogP contribution in [0.5, 0.6) is 11.5 Å². The lowest BCUT2D eigenvalue weighted by Crippen LogP contribution is -2.38. The van der Waals surface area contributed by atoms with E-state index >= 15 is 0 Å². The van der Waals surface area contributed by atoms with Gasteiger partial charge in [0.05, 0.1) is 21.7 Å². The minimum atomic E-state index is -0.681. The number of imide groups is 1. The molecule has 4 aromatic rings. The quantitative estimate of drug-likeness (QED) is 0.166. The Balaban J connectivity index is 1.26. The number of rotatable bonds is 8. The van der Waals surface area contributed by atoms with Crippen LogP contribution in [0.2, 0.25) is 0 Å². The van der Waals surface area contributed by atoms with E-state index in [1.165, 1.54) is 7.11 Å². The van der Waals surface area contributed by atoms with Gasteiger partial charge >= 0.3 is 6.03 Å². The molecule has 1 fully saturated rings. The highest BCUT2D eigenvalue weighted by molar-refractivity contribution is 9.11. The zero-order valence-electron chi connectivity index (χ0n) is 21.2. The summed E-state index contributed by atoms with van der Waals surface area (Å²) >= 11 is 7.09. The number of anilines is 1. The standard InChI is InChI=1S/C30H23Br2N3O5/c1-39-26-9-5-4-8-24(26)33-27(36)16-35-29(37)25(34-30(35)38)15-19-13-22(31)28(23(32)14-19)40-17-18-10-11-20-6-2-3-7-21(20)12-18/h2-15H,16-17H2,1H3,(H,33,36)(H,34,38)/b25-15+. The Hall–Kier alpha value is -4.15. The third kappa shape index (κ3) is 6.03. The molecule has 8 nitrogen and oxygen atoms in total. The maximum Gasteiger partial charge on any atom is 0.329 e. The van der Waals surface area contributed by atoms with Gasteiger partial charge in [-0.3, -0.25) is 9.59 Å². The van der Waals surface area contributed by atoms with E-state index in [2.05, 4.69) is 66.8 Å². The number of hydrogen-bond acceptors (Lipinski definition) is 5. The third-order valence-electron chi connectivity index (χ3n) is 6.17.